The summed E-state index contributed by atoms with van der Waals surface area (Å²) in [6, 6.07) is 13.7. The molecule has 2 aromatic heterocycles. The number of allylic oxidation sites excluding steroid dienone is 2. The average molecular weight is 365 g/mol. The molecule has 0 saturated heterocycles. The minimum Gasteiger partial charge on any atom is -0.141 e. The van der Waals surface area contributed by atoms with E-state index in [1.54, 1.807) is 11.1 Å². The van der Waals surface area contributed by atoms with Crippen molar-refractivity contribution < 1.29 is 0 Å². The highest BCUT2D eigenvalue weighted by atomic mass is 32.1. The van der Waals surface area contributed by atoms with E-state index < -0.39 is 0 Å². The molecule has 0 spiro atoms. The molecule has 0 unspecified atom stereocenters. The van der Waals surface area contributed by atoms with Crippen LogP contribution in [-0.4, -0.2) is 0 Å². The van der Waals surface area contributed by atoms with Crippen molar-refractivity contribution in [1.29, 1.82) is 0 Å². The number of aryl methyl sites for hydroxylation is 4. The van der Waals surface area contributed by atoms with E-state index in [1.807, 2.05) is 22.7 Å². The van der Waals surface area contributed by atoms with Crippen LogP contribution >= 0.6 is 22.7 Å². The fourth-order valence-corrected chi connectivity index (χ4v) is 6.05. The molecular weight excluding hydrogens is 340 g/mol. The Labute approximate surface area is 158 Å². The van der Waals surface area contributed by atoms with Gasteiger partial charge in [0.25, 0.3) is 0 Å². The first-order chi connectivity index (χ1) is 12.0. The topological polar surface area (TPSA) is 0 Å². The monoisotopic (exact) mass is 364 g/mol. The summed E-state index contributed by atoms with van der Waals surface area (Å²) >= 11 is 3.90. The van der Waals surface area contributed by atoms with E-state index in [2.05, 4.69) is 64.1 Å². The summed E-state index contributed by atoms with van der Waals surface area (Å²) in [5.74, 6) is 0. The summed E-state index contributed by atoms with van der Waals surface area (Å²) in [5, 5.41) is 0. The van der Waals surface area contributed by atoms with E-state index in [9.17, 15) is 0 Å². The first kappa shape index (κ1) is 16.8. The molecule has 1 aromatic carbocycles. The fourth-order valence-electron chi connectivity index (χ4n) is 3.87. The first-order valence-corrected chi connectivity index (χ1v) is 10.6. The largest absolute Gasteiger partial charge is 0.141 e. The lowest BCUT2D eigenvalue weighted by Crippen LogP contribution is -1.85. The zero-order valence-electron chi connectivity index (χ0n) is 15.4. The lowest BCUT2D eigenvalue weighted by Gasteiger charge is -2.07. The Bertz CT molecular complexity index is 949. The SMILES string of the molecule is Cc1ccc(-c2cc(C3=C(c4sc(C)cc4C)CCC3)c(C)s2)cc1. The van der Waals surface area contributed by atoms with Crippen molar-refractivity contribution in [3.8, 4) is 10.4 Å². The van der Waals surface area contributed by atoms with Crippen LogP contribution in [0.25, 0.3) is 21.6 Å². The maximum atomic E-state index is 2.43. The van der Waals surface area contributed by atoms with Crippen LogP contribution in [0.5, 0.6) is 0 Å². The van der Waals surface area contributed by atoms with Crippen molar-refractivity contribution in [2.75, 3.05) is 0 Å². The summed E-state index contributed by atoms with van der Waals surface area (Å²) in [4.78, 5) is 5.79. The maximum absolute atomic E-state index is 2.43. The van der Waals surface area contributed by atoms with E-state index in [4.69, 9.17) is 0 Å². The minimum absolute atomic E-state index is 1.22. The van der Waals surface area contributed by atoms with Gasteiger partial charge in [0.15, 0.2) is 0 Å². The van der Waals surface area contributed by atoms with Gasteiger partial charge in [-0.2, -0.15) is 0 Å². The van der Waals surface area contributed by atoms with Crippen molar-refractivity contribution in [2.24, 2.45) is 0 Å². The molecule has 3 aromatic rings. The molecule has 0 radical (unpaired) electrons. The molecule has 4 rings (SSSR count). The standard InChI is InChI=1S/C23H24S2/c1-14-8-10-18(11-9-14)22-13-21(17(4)25-22)19-6-5-7-20(19)23-15(2)12-16(3)24-23/h8-13H,5-7H2,1-4H3. The molecule has 1 aliphatic rings. The summed E-state index contributed by atoms with van der Waals surface area (Å²) in [6.45, 7) is 8.92. The Balaban J connectivity index is 1.79. The van der Waals surface area contributed by atoms with Crippen LogP contribution < -0.4 is 0 Å². The minimum atomic E-state index is 1.22. The molecule has 0 N–H and O–H groups in total. The second kappa shape index (κ2) is 6.59. The highest BCUT2D eigenvalue weighted by molar-refractivity contribution is 7.15. The molecule has 2 heteroatoms. The van der Waals surface area contributed by atoms with E-state index in [1.165, 1.54) is 61.0 Å². The third-order valence-corrected chi connectivity index (χ3v) is 7.42. The Hall–Kier alpha value is -1.64. The van der Waals surface area contributed by atoms with Crippen LogP contribution in [0.2, 0.25) is 0 Å². The van der Waals surface area contributed by atoms with Gasteiger partial charge >= 0.3 is 0 Å². The zero-order valence-corrected chi connectivity index (χ0v) is 17.0. The third-order valence-electron chi connectivity index (χ3n) is 5.11. The number of hydrogen-bond donors (Lipinski definition) is 0. The molecule has 0 aliphatic heterocycles. The van der Waals surface area contributed by atoms with Crippen LogP contribution in [0, 0.1) is 27.7 Å². The molecule has 0 atom stereocenters. The molecule has 25 heavy (non-hydrogen) atoms. The van der Waals surface area contributed by atoms with Crippen molar-refractivity contribution in [3.63, 3.8) is 0 Å². The predicted molar refractivity (Wildman–Crippen MR) is 114 cm³/mol. The van der Waals surface area contributed by atoms with Gasteiger partial charge in [-0.05, 0) is 86.9 Å². The predicted octanol–water partition coefficient (Wildman–Crippen LogP) is 7.80. The number of thiophene rings is 2. The second-order valence-corrected chi connectivity index (χ2v) is 9.64. The van der Waals surface area contributed by atoms with Gasteiger partial charge in [-0.3, -0.25) is 0 Å². The summed E-state index contributed by atoms with van der Waals surface area (Å²) in [7, 11) is 0. The van der Waals surface area contributed by atoms with Gasteiger partial charge in [-0.1, -0.05) is 29.8 Å². The molecule has 0 bridgehead atoms. The molecule has 2 heterocycles. The van der Waals surface area contributed by atoms with Crippen LogP contribution in [0.15, 0.2) is 36.4 Å². The molecule has 0 saturated carbocycles. The number of hydrogen-bond acceptors (Lipinski definition) is 2. The van der Waals surface area contributed by atoms with Gasteiger partial charge < -0.3 is 0 Å². The van der Waals surface area contributed by atoms with Crippen molar-refractivity contribution in [2.45, 2.75) is 47.0 Å². The second-order valence-electron chi connectivity index (χ2n) is 7.13. The van der Waals surface area contributed by atoms with Crippen LogP contribution in [0.3, 0.4) is 0 Å². The van der Waals surface area contributed by atoms with E-state index >= 15 is 0 Å². The third kappa shape index (κ3) is 3.14. The Morgan fingerprint density at radius 2 is 1.52 bits per heavy atom. The average Bonchev–Trinajstić information content (AvgIpc) is 3.26. The van der Waals surface area contributed by atoms with Crippen LogP contribution in [-0.2, 0) is 0 Å². The lowest BCUT2D eigenvalue weighted by molar-refractivity contribution is 0.942. The van der Waals surface area contributed by atoms with Gasteiger partial charge in [-0.25, -0.2) is 0 Å². The smallest absolute Gasteiger partial charge is 0.0351 e. The Morgan fingerprint density at radius 1 is 0.800 bits per heavy atom. The van der Waals surface area contributed by atoms with Gasteiger partial charge in [0.2, 0.25) is 0 Å². The van der Waals surface area contributed by atoms with Crippen LogP contribution in [0.4, 0.5) is 0 Å². The first-order valence-electron chi connectivity index (χ1n) is 9.00. The van der Waals surface area contributed by atoms with E-state index in [0.29, 0.717) is 0 Å². The van der Waals surface area contributed by atoms with Crippen molar-refractivity contribution >= 4 is 33.8 Å². The summed E-state index contributed by atoms with van der Waals surface area (Å²) in [6.07, 6.45) is 3.73. The van der Waals surface area contributed by atoms with Gasteiger partial charge in [0.05, 0.1) is 0 Å². The molecule has 0 nitrogen and oxygen atoms in total. The maximum Gasteiger partial charge on any atom is 0.0351 e. The molecule has 0 amide bonds. The van der Waals surface area contributed by atoms with Crippen LogP contribution in [0.1, 0.15) is 50.6 Å². The summed E-state index contributed by atoms with van der Waals surface area (Å²) < 4.78 is 0. The van der Waals surface area contributed by atoms with E-state index in [-0.39, 0.29) is 0 Å². The Kier molecular flexibility index (Phi) is 4.43. The number of rotatable bonds is 3. The number of benzene rings is 1. The highest BCUT2D eigenvalue weighted by Gasteiger charge is 2.23. The molecule has 0 fully saturated rings. The molecule has 128 valence electrons. The van der Waals surface area contributed by atoms with Crippen molar-refractivity contribution in [3.05, 3.63) is 67.7 Å². The fraction of sp³-hybridized carbons (Fsp3) is 0.304. The quantitative estimate of drug-likeness (QED) is 0.444. The highest BCUT2D eigenvalue weighted by Crippen LogP contribution is 2.46. The Morgan fingerprint density at radius 3 is 2.20 bits per heavy atom. The lowest BCUT2D eigenvalue weighted by atomic mass is 9.99. The van der Waals surface area contributed by atoms with E-state index in [0.717, 1.165) is 0 Å². The summed E-state index contributed by atoms with van der Waals surface area (Å²) in [5.41, 5.74) is 8.79. The van der Waals surface area contributed by atoms with Gasteiger partial charge in [0.1, 0.15) is 0 Å². The molecule has 1 aliphatic carbocycles. The normalized spacial score (nSPS) is 14.6. The molecular formula is C23H24S2. The zero-order chi connectivity index (χ0) is 17.6. The van der Waals surface area contributed by atoms with Gasteiger partial charge in [0, 0.05) is 19.5 Å². The van der Waals surface area contributed by atoms with Crippen molar-refractivity contribution in [1.82, 2.24) is 0 Å². The van der Waals surface area contributed by atoms with Gasteiger partial charge in [-0.15, -0.1) is 22.7 Å².